The van der Waals surface area contributed by atoms with Crippen LogP contribution in [0, 0.1) is 11.7 Å². The topological polar surface area (TPSA) is 82.2 Å². The summed E-state index contributed by atoms with van der Waals surface area (Å²) >= 11 is 0. The third-order valence-electron chi connectivity index (χ3n) is 4.52. The van der Waals surface area contributed by atoms with Gasteiger partial charge in [0.05, 0.1) is 12.3 Å². The Morgan fingerprint density at radius 2 is 2.00 bits per heavy atom. The van der Waals surface area contributed by atoms with Crippen LogP contribution in [0.2, 0.25) is 0 Å². The van der Waals surface area contributed by atoms with Crippen LogP contribution in [0.5, 0.6) is 0 Å². The number of carboxylic acid groups (broad SMARTS) is 1. The van der Waals surface area contributed by atoms with Crippen molar-refractivity contribution in [2.24, 2.45) is 5.92 Å². The number of aromatic nitrogens is 1. The van der Waals surface area contributed by atoms with Gasteiger partial charge in [0.15, 0.2) is 0 Å². The molecule has 1 aromatic carbocycles. The van der Waals surface area contributed by atoms with Gasteiger partial charge in [-0.2, -0.15) is 0 Å². The van der Waals surface area contributed by atoms with Crippen LogP contribution < -0.4 is 5.32 Å². The molecule has 0 radical (unpaired) electrons. The lowest BCUT2D eigenvalue weighted by molar-refractivity contribution is -0.142. The van der Waals surface area contributed by atoms with Gasteiger partial charge >= 0.3 is 5.97 Å². The van der Waals surface area contributed by atoms with E-state index in [9.17, 15) is 14.0 Å². The molecule has 0 saturated heterocycles. The smallest absolute Gasteiger partial charge is 0.306 e. The summed E-state index contributed by atoms with van der Waals surface area (Å²) in [7, 11) is 0. The standard InChI is InChI=1S/C17H19FN2O3/c18-12-3-6-14-11(9-19-15(14)8-12)7-16(21)20-13-4-1-10(2-5-13)17(22)23/h3,6,8-10,13,19H,1-2,4-5,7H2,(H,20,21)(H,22,23). The number of carbonyl (C=O) groups excluding carboxylic acids is 1. The Labute approximate surface area is 132 Å². The maximum absolute atomic E-state index is 13.2. The molecular formula is C17H19FN2O3. The number of carbonyl (C=O) groups is 2. The number of aliphatic carboxylic acids is 1. The molecule has 2 aromatic rings. The average Bonchev–Trinajstić information content (AvgIpc) is 2.89. The van der Waals surface area contributed by atoms with E-state index >= 15 is 0 Å². The zero-order valence-corrected chi connectivity index (χ0v) is 12.6. The largest absolute Gasteiger partial charge is 0.481 e. The van der Waals surface area contributed by atoms with Gasteiger partial charge in [0.25, 0.3) is 0 Å². The summed E-state index contributed by atoms with van der Waals surface area (Å²) in [6.07, 6.45) is 4.55. The quantitative estimate of drug-likeness (QED) is 0.810. The van der Waals surface area contributed by atoms with Gasteiger partial charge in [-0.3, -0.25) is 9.59 Å². The van der Waals surface area contributed by atoms with Crippen LogP contribution in [0.15, 0.2) is 24.4 Å². The molecule has 1 amide bonds. The number of aromatic amines is 1. The van der Waals surface area contributed by atoms with Crippen LogP contribution in [0.1, 0.15) is 31.2 Å². The minimum absolute atomic E-state index is 0.0424. The Balaban J connectivity index is 1.58. The predicted molar refractivity (Wildman–Crippen MR) is 83.5 cm³/mol. The molecule has 6 heteroatoms. The lowest BCUT2D eigenvalue weighted by Crippen LogP contribution is -2.39. The molecule has 3 N–H and O–H groups in total. The normalized spacial score (nSPS) is 21.3. The summed E-state index contributed by atoms with van der Waals surface area (Å²) in [5.74, 6) is -1.44. The first-order valence-electron chi connectivity index (χ1n) is 7.80. The van der Waals surface area contributed by atoms with Crippen LogP contribution in [-0.4, -0.2) is 28.0 Å². The number of hydrogen-bond donors (Lipinski definition) is 3. The van der Waals surface area contributed by atoms with E-state index in [1.54, 1.807) is 12.3 Å². The number of H-pyrrole nitrogens is 1. The fraction of sp³-hybridized carbons (Fsp3) is 0.412. The molecule has 122 valence electrons. The molecular weight excluding hydrogens is 299 g/mol. The number of hydrogen-bond acceptors (Lipinski definition) is 2. The Morgan fingerprint density at radius 1 is 1.26 bits per heavy atom. The van der Waals surface area contributed by atoms with Crippen molar-refractivity contribution in [3.8, 4) is 0 Å². The minimum atomic E-state index is -0.749. The highest BCUT2D eigenvalue weighted by Crippen LogP contribution is 2.25. The molecule has 1 fully saturated rings. The summed E-state index contributed by atoms with van der Waals surface area (Å²) in [6, 6.07) is 4.50. The molecule has 0 bridgehead atoms. The van der Waals surface area contributed by atoms with Gasteiger partial charge in [-0.25, -0.2) is 4.39 Å². The molecule has 1 aliphatic rings. The number of fused-ring (bicyclic) bond motifs is 1. The first-order valence-corrected chi connectivity index (χ1v) is 7.80. The third kappa shape index (κ3) is 3.52. The lowest BCUT2D eigenvalue weighted by atomic mass is 9.86. The van der Waals surface area contributed by atoms with Crippen molar-refractivity contribution in [2.75, 3.05) is 0 Å². The van der Waals surface area contributed by atoms with Crippen LogP contribution in [-0.2, 0) is 16.0 Å². The molecule has 1 saturated carbocycles. The van der Waals surface area contributed by atoms with Gasteiger partial charge in [-0.05, 0) is 49.4 Å². The van der Waals surface area contributed by atoms with Gasteiger partial charge in [-0.15, -0.1) is 0 Å². The highest BCUT2D eigenvalue weighted by molar-refractivity contribution is 5.89. The molecule has 1 aromatic heterocycles. The third-order valence-corrected chi connectivity index (χ3v) is 4.52. The van der Waals surface area contributed by atoms with Gasteiger partial charge in [0.1, 0.15) is 5.82 Å². The SMILES string of the molecule is O=C(Cc1c[nH]c2cc(F)ccc12)NC1CCC(C(=O)O)CC1. The lowest BCUT2D eigenvalue weighted by Gasteiger charge is -2.26. The van der Waals surface area contributed by atoms with Gasteiger partial charge < -0.3 is 15.4 Å². The van der Waals surface area contributed by atoms with Crippen molar-refractivity contribution in [1.29, 1.82) is 0 Å². The van der Waals surface area contributed by atoms with Crippen LogP contribution in [0.3, 0.4) is 0 Å². The van der Waals surface area contributed by atoms with Crippen molar-refractivity contribution in [3.63, 3.8) is 0 Å². The second-order valence-electron chi connectivity index (χ2n) is 6.13. The fourth-order valence-corrected chi connectivity index (χ4v) is 3.24. The molecule has 0 unspecified atom stereocenters. The summed E-state index contributed by atoms with van der Waals surface area (Å²) in [5.41, 5.74) is 1.51. The van der Waals surface area contributed by atoms with E-state index in [1.807, 2.05) is 0 Å². The number of amides is 1. The molecule has 0 spiro atoms. The fourth-order valence-electron chi connectivity index (χ4n) is 3.24. The predicted octanol–water partition coefficient (Wildman–Crippen LogP) is 2.61. The van der Waals surface area contributed by atoms with E-state index in [0.29, 0.717) is 31.2 Å². The first-order chi connectivity index (χ1) is 11.0. The highest BCUT2D eigenvalue weighted by Gasteiger charge is 2.26. The Hall–Kier alpha value is -2.37. The van der Waals surface area contributed by atoms with Crippen molar-refractivity contribution < 1.29 is 19.1 Å². The second kappa shape index (κ2) is 6.40. The van der Waals surface area contributed by atoms with E-state index in [0.717, 1.165) is 10.9 Å². The number of benzene rings is 1. The van der Waals surface area contributed by atoms with Gasteiger partial charge in [-0.1, -0.05) is 0 Å². The maximum atomic E-state index is 13.2. The molecule has 0 aliphatic heterocycles. The molecule has 0 atom stereocenters. The van der Waals surface area contributed by atoms with Crippen LogP contribution >= 0.6 is 0 Å². The number of nitrogens with one attached hydrogen (secondary N) is 2. The zero-order valence-electron chi connectivity index (χ0n) is 12.6. The van der Waals surface area contributed by atoms with Crippen molar-refractivity contribution in [1.82, 2.24) is 10.3 Å². The van der Waals surface area contributed by atoms with E-state index in [-0.39, 0.29) is 30.1 Å². The summed E-state index contributed by atoms with van der Waals surface area (Å²) in [4.78, 5) is 26.1. The Bertz CT molecular complexity index is 733. The van der Waals surface area contributed by atoms with Crippen molar-refractivity contribution >= 4 is 22.8 Å². The second-order valence-corrected chi connectivity index (χ2v) is 6.13. The molecule has 3 rings (SSSR count). The van der Waals surface area contributed by atoms with Gasteiger partial charge in [0.2, 0.25) is 5.91 Å². The van der Waals surface area contributed by atoms with E-state index < -0.39 is 5.97 Å². The van der Waals surface area contributed by atoms with E-state index in [1.165, 1.54) is 12.1 Å². The number of rotatable bonds is 4. The van der Waals surface area contributed by atoms with E-state index in [4.69, 9.17) is 5.11 Å². The molecule has 23 heavy (non-hydrogen) atoms. The highest BCUT2D eigenvalue weighted by atomic mass is 19.1. The van der Waals surface area contributed by atoms with Gasteiger partial charge in [0, 0.05) is 23.1 Å². The minimum Gasteiger partial charge on any atom is -0.481 e. The first kappa shape index (κ1) is 15.5. The Kier molecular flexibility index (Phi) is 4.32. The Morgan fingerprint density at radius 3 is 2.70 bits per heavy atom. The molecule has 1 heterocycles. The summed E-state index contributed by atoms with van der Waals surface area (Å²) in [6.45, 7) is 0. The maximum Gasteiger partial charge on any atom is 0.306 e. The number of carboxylic acids is 1. The van der Waals surface area contributed by atoms with Crippen molar-refractivity contribution in [2.45, 2.75) is 38.1 Å². The van der Waals surface area contributed by atoms with Crippen LogP contribution in [0.4, 0.5) is 4.39 Å². The summed E-state index contributed by atoms with van der Waals surface area (Å²) in [5, 5.41) is 12.8. The monoisotopic (exact) mass is 318 g/mol. The molecule has 5 nitrogen and oxygen atoms in total. The summed E-state index contributed by atoms with van der Waals surface area (Å²) < 4.78 is 13.2. The van der Waals surface area contributed by atoms with E-state index in [2.05, 4.69) is 10.3 Å². The zero-order chi connectivity index (χ0) is 16.4. The van der Waals surface area contributed by atoms with Crippen LogP contribution in [0.25, 0.3) is 10.9 Å². The average molecular weight is 318 g/mol. The van der Waals surface area contributed by atoms with Crippen molar-refractivity contribution in [3.05, 3.63) is 35.8 Å². The molecule has 1 aliphatic carbocycles. The number of halogens is 1.